The first-order valence-corrected chi connectivity index (χ1v) is 7.08. The van der Waals surface area contributed by atoms with Crippen LogP contribution in [-0.2, 0) is 6.42 Å². The highest BCUT2D eigenvalue weighted by molar-refractivity contribution is 5.98. The van der Waals surface area contributed by atoms with E-state index in [1.807, 2.05) is 6.07 Å². The van der Waals surface area contributed by atoms with Crippen molar-refractivity contribution in [3.63, 3.8) is 0 Å². The second kappa shape index (κ2) is 5.01. The van der Waals surface area contributed by atoms with E-state index >= 15 is 0 Å². The summed E-state index contributed by atoms with van der Waals surface area (Å²) in [5, 5.41) is 2.59. The van der Waals surface area contributed by atoms with E-state index in [1.165, 1.54) is 33.0 Å². The molecule has 3 aromatic rings. The van der Waals surface area contributed by atoms with Gasteiger partial charge in [0.25, 0.3) is 0 Å². The third-order valence-electron chi connectivity index (χ3n) is 3.95. The molecule has 100 valence electrons. The number of hydrogen-bond donors (Lipinski definition) is 1. The predicted octanol–water partition coefficient (Wildman–Crippen LogP) is 4.96. The maximum atomic E-state index is 6.03. The monoisotopic (exact) mass is 261 g/mol. The molecule has 0 spiro atoms. The number of nitrogen functional groups attached to an aromatic ring is 1. The topological polar surface area (TPSA) is 26.0 Å². The lowest BCUT2D eigenvalue weighted by Gasteiger charge is -2.13. The summed E-state index contributed by atoms with van der Waals surface area (Å²) in [7, 11) is 0. The number of aryl methyl sites for hydroxylation is 2. The largest absolute Gasteiger partial charge is 0.399 e. The molecule has 0 aromatic heterocycles. The van der Waals surface area contributed by atoms with Crippen molar-refractivity contribution in [2.75, 3.05) is 5.73 Å². The molecule has 0 radical (unpaired) electrons. The summed E-state index contributed by atoms with van der Waals surface area (Å²) in [6.45, 7) is 4.31. The van der Waals surface area contributed by atoms with Crippen LogP contribution in [-0.4, -0.2) is 0 Å². The van der Waals surface area contributed by atoms with Crippen LogP contribution in [0.3, 0.4) is 0 Å². The Kier molecular flexibility index (Phi) is 3.19. The lowest BCUT2D eigenvalue weighted by Crippen LogP contribution is -1.94. The maximum Gasteiger partial charge on any atom is 0.0346 e. The number of benzene rings is 3. The second-order valence-electron chi connectivity index (χ2n) is 5.25. The van der Waals surface area contributed by atoms with E-state index in [9.17, 15) is 0 Å². The minimum absolute atomic E-state index is 0.883. The van der Waals surface area contributed by atoms with Crippen molar-refractivity contribution in [1.29, 1.82) is 0 Å². The van der Waals surface area contributed by atoms with Gasteiger partial charge >= 0.3 is 0 Å². The minimum Gasteiger partial charge on any atom is -0.399 e. The molecular formula is C19H19N. The molecule has 2 N–H and O–H groups in total. The third kappa shape index (κ3) is 2.05. The van der Waals surface area contributed by atoms with Gasteiger partial charge in [-0.15, -0.1) is 0 Å². The molecule has 0 amide bonds. The molecule has 0 heterocycles. The lowest BCUT2D eigenvalue weighted by molar-refractivity contribution is 1.15. The first-order chi connectivity index (χ1) is 9.70. The summed E-state index contributed by atoms with van der Waals surface area (Å²) in [6.07, 6.45) is 0.962. The lowest BCUT2D eigenvalue weighted by atomic mass is 9.92. The van der Waals surface area contributed by atoms with Crippen molar-refractivity contribution < 1.29 is 0 Å². The number of hydrogen-bond acceptors (Lipinski definition) is 1. The summed E-state index contributed by atoms with van der Waals surface area (Å²) < 4.78 is 0. The number of nitrogens with two attached hydrogens (primary N) is 1. The smallest absolute Gasteiger partial charge is 0.0346 e. The molecule has 1 heteroatoms. The average molecular weight is 261 g/mol. The van der Waals surface area contributed by atoms with Crippen LogP contribution in [0.2, 0.25) is 0 Å². The van der Waals surface area contributed by atoms with Gasteiger partial charge in [0.1, 0.15) is 0 Å². The van der Waals surface area contributed by atoms with Crippen molar-refractivity contribution in [2.24, 2.45) is 0 Å². The van der Waals surface area contributed by atoms with Crippen molar-refractivity contribution >= 4 is 16.5 Å². The summed E-state index contributed by atoms with van der Waals surface area (Å²) in [5.74, 6) is 0. The van der Waals surface area contributed by atoms with Crippen molar-refractivity contribution in [2.45, 2.75) is 20.3 Å². The Morgan fingerprint density at radius 3 is 2.55 bits per heavy atom. The molecule has 0 aliphatic carbocycles. The van der Waals surface area contributed by atoms with Gasteiger partial charge in [-0.05, 0) is 58.5 Å². The summed E-state index contributed by atoms with van der Waals surface area (Å²) >= 11 is 0. The van der Waals surface area contributed by atoms with Gasteiger partial charge in [-0.2, -0.15) is 0 Å². The summed E-state index contributed by atoms with van der Waals surface area (Å²) in [4.78, 5) is 0. The zero-order chi connectivity index (χ0) is 14.1. The highest BCUT2D eigenvalue weighted by Gasteiger charge is 2.08. The van der Waals surface area contributed by atoms with Crippen molar-refractivity contribution in [3.8, 4) is 11.1 Å². The molecule has 0 bridgehead atoms. The van der Waals surface area contributed by atoms with E-state index in [1.54, 1.807) is 0 Å². The van der Waals surface area contributed by atoms with Gasteiger partial charge in [0.15, 0.2) is 0 Å². The Morgan fingerprint density at radius 1 is 0.950 bits per heavy atom. The van der Waals surface area contributed by atoms with Gasteiger partial charge in [-0.3, -0.25) is 0 Å². The van der Waals surface area contributed by atoms with Crippen molar-refractivity contribution in [1.82, 2.24) is 0 Å². The molecule has 0 aliphatic heterocycles. The Labute approximate surface area is 120 Å². The van der Waals surface area contributed by atoms with Crippen LogP contribution >= 0.6 is 0 Å². The Balaban J connectivity index is 2.31. The van der Waals surface area contributed by atoms with E-state index in [4.69, 9.17) is 5.73 Å². The van der Waals surface area contributed by atoms with Crippen LogP contribution in [0.15, 0.2) is 54.6 Å². The van der Waals surface area contributed by atoms with Crippen LogP contribution in [0.4, 0.5) is 5.69 Å². The zero-order valence-corrected chi connectivity index (χ0v) is 12.0. The summed E-state index contributed by atoms with van der Waals surface area (Å²) in [5.41, 5.74) is 12.0. The number of anilines is 1. The molecule has 0 unspecified atom stereocenters. The van der Waals surface area contributed by atoms with Crippen LogP contribution in [0.25, 0.3) is 21.9 Å². The second-order valence-corrected chi connectivity index (χ2v) is 5.25. The first kappa shape index (κ1) is 12.7. The molecule has 0 atom stereocenters. The zero-order valence-electron chi connectivity index (χ0n) is 12.0. The van der Waals surface area contributed by atoms with Gasteiger partial charge in [-0.1, -0.05) is 49.4 Å². The Hall–Kier alpha value is -2.28. The molecule has 0 saturated carbocycles. The molecular weight excluding hydrogens is 242 g/mol. The highest BCUT2D eigenvalue weighted by Crippen LogP contribution is 2.33. The van der Waals surface area contributed by atoms with Gasteiger partial charge in [0.2, 0.25) is 0 Å². The third-order valence-corrected chi connectivity index (χ3v) is 3.95. The van der Waals surface area contributed by atoms with Crippen LogP contribution in [0, 0.1) is 6.92 Å². The predicted molar refractivity (Wildman–Crippen MR) is 87.9 cm³/mol. The van der Waals surface area contributed by atoms with E-state index in [0.717, 1.165) is 12.1 Å². The molecule has 0 saturated heterocycles. The maximum absolute atomic E-state index is 6.03. The minimum atomic E-state index is 0.883. The normalized spacial score (nSPS) is 10.9. The van der Waals surface area contributed by atoms with Gasteiger partial charge in [0.05, 0.1) is 0 Å². The van der Waals surface area contributed by atoms with E-state index in [-0.39, 0.29) is 0 Å². The fourth-order valence-corrected chi connectivity index (χ4v) is 2.83. The van der Waals surface area contributed by atoms with E-state index < -0.39 is 0 Å². The number of rotatable bonds is 2. The van der Waals surface area contributed by atoms with Crippen LogP contribution in [0.1, 0.15) is 18.1 Å². The van der Waals surface area contributed by atoms with Crippen molar-refractivity contribution in [3.05, 3.63) is 65.7 Å². The fraction of sp³-hybridized carbons (Fsp3) is 0.158. The van der Waals surface area contributed by atoms with Gasteiger partial charge in [-0.25, -0.2) is 0 Å². The molecule has 0 aliphatic rings. The Bertz CT molecular complexity index is 772. The SMILES string of the molecule is CCc1cc(-c2c(C)ccc3ccccc23)ccc1N. The van der Waals surface area contributed by atoms with Crippen LogP contribution < -0.4 is 5.73 Å². The van der Waals surface area contributed by atoms with Gasteiger partial charge < -0.3 is 5.73 Å². The molecule has 20 heavy (non-hydrogen) atoms. The Morgan fingerprint density at radius 2 is 1.75 bits per heavy atom. The van der Waals surface area contributed by atoms with Crippen LogP contribution in [0.5, 0.6) is 0 Å². The standard InChI is InChI=1S/C19H19N/c1-3-14-12-16(10-11-18(14)20)19-13(2)8-9-15-6-4-5-7-17(15)19/h4-12H,3,20H2,1-2H3. The first-order valence-electron chi connectivity index (χ1n) is 7.08. The fourth-order valence-electron chi connectivity index (χ4n) is 2.83. The molecule has 1 nitrogen and oxygen atoms in total. The molecule has 0 fully saturated rings. The van der Waals surface area contributed by atoms with E-state index in [0.29, 0.717) is 0 Å². The highest BCUT2D eigenvalue weighted by atomic mass is 14.6. The number of fused-ring (bicyclic) bond motifs is 1. The summed E-state index contributed by atoms with van der Waals surface area (Å²) in [6, 6.07) is 19.3. The van der Waals surface area contributed by atoms with Gasteiger partial charge in [0, 0.05) is 5.69 Å². The molecule has 3 rings (SSSR count). The average Bonchev–Trinajstić information content (AvgIpc) is 2.48. The molecule has 3 aromatic carbocycles. The quantitative estimate of drug-likeness (QED) is 0.648. The van der Waals surface area contributed by atoms with E-state index in [2.05, 4.69) is 62.4 Å².